The Hall–Kier alpha value is -1.01. The van der Waals surface area contributed by atoms with Crippen LogP contribution >= 0.6 is 11.3 Å². The van der Waals surface area contributed by atoms with Gasteiger partial charge in [-0.05, 0) is 25.7 Å². The fourth-order valence-corrected chi connectivity index (χ4v) is 2.90. The van der Waals surface area contributed by atoms with Crippen LogP contribution in [0.15, 0.2) is 0 Å². The molecule has 0 saturated heterocycles. The molecule has 0 unspecified atom stereocenters. The van der Waals surface area contributed by atoms with Gasteiger partial charge in [0.05, 0.1) is 6.54 Å². The number of hydrogen-bond donors (Lipinski definition) is 1. The van der Waals surface area contributed by atoms with Gasteiger partial charge in [0.1, 0.15) is 0 Å². The minimum Gasteiger partial charge on any atom is -0.309 e. The lowest BCUT2D eigenvalue weighted by Gasteiger charge is -2.12. The summed E-state index contributed by atoms with van der Waals surface area (Å²) in [5.74, 6) is 2.61. The molecule has 1 N–H and O–H groups in total. The molecule has 0 bridgehead atoms. The number of thiazole rings is 1. The van der Waals surface area contributed by atoms with E-state index in [-0.39, 0.29) is 0 Å². The van der Waals surface area contributed by atoms with Crippen molar-refractivity contribution in [2.24, 2.45) is 0 Å². The zero-order valence-corrected chi connectivity index (χ0v) is 8.28. The second kappa shape index (κ2) is 3.39. The van der Waals surface area contributed by atoms with Gasteiger partial charge in [-0.2, -0.15) is 0 Å². The summed E-state index contributed by atoms with van der Waals surface area (Å²) in [5.41, 5.74) is 1.32. The van der Waals surface area contributed by atoms with Gasteiger partial charge in [0, 0.05) is 10.6 Å². The third kappa shape index (κ3) is 1.42. The molecule has 3 heteroatoms. The third-order valence-electron chi connectivity index (χ3n) is 2.43. The van der Waals surface area contributed by atoms with Crippen molar-refractivity contribution in [1.82, 2.24) is 4.57 Å². The quantitative estimate of drug-likeness (QED) is 0.654. The summed E-state index contributed by atoms with van der Waals surface area (Å²) in [4.78, 5) is 2.00. The van der Waals surface area contributed by atoms with E-state index < -0.39 is 0 Å². The van der Waals surface area contributed by atoms with Crippen LogP contribution in [0.1, 0.15) is 23.4 Å². The highest BCUT2D eigenvalue weighted by Gasteiger charge is 2.15. The SMILES string of the molecule is C#CCn1c2c(sc1=N)CCCC2. The fraction of sp³-hybridized carbons (Fsp3) is 0.500. The van der Waals surface area contributed by atoms with Crippen molar-refractivity contribution in [3.05, 3.63) is 15.4 Å². The molecule has 0 amide bonds. The maximum absolute atomic E-state index is 7.76. The van der Waals surface area contributed by atoms with Crippen LogP contribution in [0.5, 0.6) is 0 Å². The second-order valence-electron chi connectivity index (χ2n) is 3.27. The van der Waals surface area contributed by atoms with Crippen molar-refractivity contribution in [1.29, 1.82) is 5.41 Å². The largest absolute Gasteiger partial charge is 0.309 e. The molecule has 2 nitrogen and oxygen atoms in total. The van der Waals surface area contributed by atoms with E-state index in [0.29, 0.717) is 11.3 Å². The second-order valence-corrected chi connectivity index (χ2v) is 4.36. The first-order valence-electron chi connectivity index (χ1n) is 4.52. The van der Waals surface area contributed by atoms with Crippen molar-refractivity contribution >= 4 is 11.3 Å². The monoisotopic (exact) mass is 192 g/mol. The average Bonchev–Trinajstić information content (AvgIpc) is 2.44. The van der Waals surface area contributed by atoms with Gasteiger partial charge in [-0.3, -0.25) is 5.41 Å². The summed E-state index contributed by atoms with van der Waals surface area (Å²) in [7, 11) is 0. The summed E-state index contributed by atoms with van der Waals surface area (Å²) in [6.45, 7) is 0.560. The van der Waals surface area contributed by atoms with Crippen molar-refractivity contribution in [2.45, 2.75) is 32.2 Å². The lowest BCUT2D eigenvalue weighted by Crippen LogP contribution is -2.16. The molecule has 1 heterocycles. The molecule has 0 spiro atoms. The Labute approximate surface area is 81.7 Å². The molecule has 68 valence electrons. The Morgan fingerprint density at radius 1 is 1.46 bits per heavy atom. The minimum atomic E-state index is 0.560. The number of rotatable bonds is 1. The lowest BCUT2D eigenvalue weighted by atomic mass is 10.0. The predicted octanol–water partition coefficient (Wildman–Crippen LogP) is 1.54. The minimum absolute atomic E-state index is 0.560. The number of aromatic nitrogens is 1. The molecule has 0 atom stereocenters. The molecule has 2 rings (SSSR count). The van der Waals surface area contributed by atoms with Crippen molar-refractivity contribution < 1.29 is 0 Å². The number of aryl methyl sites for hydroxylation is 1. The maximum atomic E-state index is 7.76. The van der Waals surface area contributed by atoms with E-state index in [4.69, 9.17) is 11.8 Å². The Kier molecular flexibility index (Phi) is 2.24. The van der Waals surface area contributed by atoms with E-state index in [1.165, 1.54) is 23.4 Å². The van der Waals surface area contributed by atoms with Crippen molar-refractivity contribution in [2.75, 3.05) is 0 Å². The van der Waals surface area contributed by atoms with Gasteiger partial charge >= 0.3 is 0 Å². The number of nitrogens with one attached hydrogen (secondary N) is 1. The van der Waals surface area contributed by atoms with Crippen LogP contribution in [0.4, 0.5) is 0 Å². The van der Waals surface area contributed by atoms with Crippen LogP contribution in [0.3, 0.4) is 0 Å². The topological polar surface area (TPSA) is 28.8 Å². The molecule has 0 fully saturated rings. The zero-order valence-electron chi connectivity index (χ0n) is 7.47. The Bertz CT molecular complexity index is 406. The normalized spacial score (nSPS) is 15.0. The molecule has 0 saturated carbocycles. The van der Waals surface area contributed by atoms with Gasteiger partial charge < -0.3 is 4.57 Å². The van der Waals surface area contributed by atoms with E-state index >= 15 is 0 Å². The van der Waals surface area contributed by atoms with E-state index in [1.807, 2.05) is 4.57 Å². The van der Waals surface area contributed by atoms with Crippen molar-refractivity contribution in [3.8, 4) is 12.3 Å². The molecule has 1 aromatic heterocycles. The first kappa shape index (κ1) is 8.58. The Morgan fingerprint density at radius 3 is 3.00 bits per heavy atom. The molecule has 13 heavy (non-hydrogen) atoms. The molecule has 1 aliphatic carbocycles. The fourth-order valence-electron chi connectivity index (χ4n) is 1.81. The van der Waals surface area contributed by atoms with Crippen molar-refractivity contribution in [3.63, 3.8) is 0 Å². The van der Waals surface area contributed by atoms with Gasteiger partial charge in [0.25, 0.3) is 0 Å². The molecule has 0 aliphatic heterocycles. The van der Waals surface area contributed by atoms with E-state index in [0.717, 1.165) is 12.8 Å². The number of terminal acetylenes is 1. The number of nitrogens with zero attached hydrogens (tertiary/aromatic N) is 1. The highest BCUT2D eigenvalue weighted by atomic mass is 32.1. The van der Waals surface area contributed by atoms with Crippen LogP contribution < -0.4 is 4.80 Å². The Balaban J connectivity index is 2.49. The van der Waals surface area contributed by atoms with Gasteiger partial charge in [-0.15, -0.1) is 17.8 Å². The van der Waals surface area contributed by atoms with Crippen LogP contribution in [0, 0.1) is 17.8 Å². The van der Waals surface area contributed by atoms with Crippen LogP contribution in [-0.2, 0) is 19.4 Å². The van der Waals surface area contributed by atoms with Gasteiger partial charge in [0.15, 0.2) is 4.80 Å². The zero-order chi connectivity index (χ0) is 9.26. The van der Waals surface area contributed by atoms with Crippen LogP contribution in [-0.4, -0.2) is 4.57 Å². The molecule has 0 aromatic carbocycles. The summed E-state index contributed by atoms with van der Waals surface area (Å²) < 4.78 is 1.97. The number of hydrogen-bond acceptors (Lipinski definition) is 2. The predicted molar refractivity (Wildman–Crippen MR) is 53.6 cm³/mol. The van der Waals surface area contributed by atoms with Gasteiger partial charge in [-0.1, -0.05) is 5.92 Å². The molecule has 1 aromatic rings. The highest BCUT2D eigenvalue weighted by molar-refractivity contribution is 7.09. The molecular weight excluding hydrogens is 180 g/mol. The van der Waals surface area contributed by atoms with Gasteiger partial charge in [-0.25, -0.2) is 0 Å². The van der Waals surface area contributed by atoms with E-state index in [1.54, 1.807) is 11.3 Å². The summed E-state index contributed by atoms with van der Waals surface area (Å²) in [6, 6.07) is 0. The summed E-state index contributed by atoms with van der Waals surface area (Å²) in [6.07, 6.45) is 10.0. The Morgan fingerprint density at radius 2 is 2.23 bits per heavy atom. The summed E-state index contributed by atoms with van der Waals surface area (Å²) >= 11 is 1.59. The smallest absolute Gasteiger partial charge is 0.183 e. The molecule has 0 radical (unpaired) electrons. The highest BCUT2D eigenvalue weighted by Crippen LogP contribution is 2.22. The number of fused-ring (bicyclic) bond motifs is 1. The van der Waals surface area contributed by atoms with E-state index in [9.17, 15) is 0 Å². The average molecular weight is 192 g/mol. The molecular formula is C10H12N2S. The maximum Gasteiger partial charge on any atom is 0.183 e. The van der Waals surface area contributed by atoms with Gasteiger partial charge in [0.2, 0.25) is 0 Å². The standard InChI is InChI=1S/C10H12N2S/c1-2-7-12-8-5-3-4-6-9(8)13-10(12)11/h1,11H,3-7H2. The lowest BCUT2D eigenvalue weighted by molar-refractivity contribution is 0.628. The van der Waals surface area contributed by atoms with Crippen LogP contribution in [0.2, 0.25) is 0 Å². The van der Waals surface area contributed by atoms with Crippen LogP contribution in [0.25, 0.3) is 0 Å². The molecule has 1 aliphatic rings. The third-order valence-corrected chi connectivity index (χ3v) is 3.53. The first-order valence-corrected chi connectivity index (χ1v) is 5.34. The first-order chi connectivity index (χ1) is 6.33. The summed E-state index contributed by atoms with van der Waals surface area (Å²) in [5, 5.41) is 7.76. The van der Waals surface area contributed by atoms with E-state index in [2.05, 4.69) is 5.92 Å².